The summed E-state index contributed by atoms with van der Waals surface area (Å²) >= 11 is 3.23. The van der Waals surface area contributed by atoms with Crippen LogP contribution >= 0.6 is 15.9 Å². The molecule has 1 aromatic heterocycles. The lowest BCUT2D eigenvalue weighted by Gasteiger charge is -2.00. The average Bonchev–Trinajstić information content (AvgIpc) is 2.22. The topological polar surface area (TPSA) is 56.3 Å². The lowest BCUT2D eigenvalue weighted by Crippen LogP contribution is -2.19. The number of nitrogens with zero attached hydrogens (tertiary/aromatic N) is 1. The second-order valence-corrected chi connectivity index (χ2v) is 3.70. The summed E-state index contributed by atoms with van der Waals surface area (Å²) in [6.45, 7) is 1.86. The van der Waals surface area contributed by atoms with Crippen LogP contribution in [0.25, 0.3) is 0 Å². The van der Waals surface area contributed by atoms with E-state index in [1.54, 1.807) is 25.3 Å². The van der Waals surface area contributed by atoms with E-state index in [4.69, 9.17) is 0 Å². The van der Waals surface area contributed by atoms with Gasteiger partial charge in [-0.1, -0.05) is 0 Å². The van der Waals surface area contributed by atoms with E-state index in [-0.39, 0.29) is 13.0 Å². The molecule has 5 heteroatoms. The predicted molar refractivity (Wildman–Crippen MR) is 57.3 cm³/mol. The van der Waals surface area contributed by atoms with Crippen molar-refractivity contribution in [1.29, 1.82) is 0 Å². The lowest BCUT2D eigenvalue weighted by atomic mass is 10.2. The van der Waals surface area contributed by atoms with Crippen molar-refractivity contribution in [3.63, 3.8) is 0 Å². The molecule has 0 aliphatic rings. The molecule has 1 rings (SSSR count). The molecule has 0 saturated carbocycles. The van der Waals surface area contributed by atoms with Crippen molar-refractivity contribution in [3.8, 4) is 0 Å². The fourth-order valence-electron chi connectivity index (χ4n) is 0.959. The Morgan fingerprint density at radius 1 is 1.47 bits per heavy atom. The number of hydrogen-bond donors (Lipinski definition) is 0. The monoisotopic (exact) mass is 271 g/mol. The number of aromatic nitrogens is 1. The molecule has 0 radical (unpaired) electrons. The number of Topliss-reactive ketones (excluding diaryl/α,β-unsaturated/α-hetero) is 1. The fourth-order valence-corrected chi connectivity index (χ4v) is 1.19. The third-order valence-electron chi connectivity index (χ3n) is 1.63. The van der Waals surface area contributed by atoms with E-state index in [2.05, 4.69) is 25.7 Å². The smallest absolute Gasteiger partial charge is 0.375 e. The molecule has 0 aromatic carbocycles. The van der Waals surface area contributed by atoms with Crippen molar-refractivity contribution in [3.05, 3.63) is 28.5 Å². The van der Waals surface area contributed by atoms with Crippen LogP contribution in [0.2, 0.25) is 0 Å². The quantitative estimate of drug-likeness (QED) is 0.616. The van der Waals surface area contributed by atoms with Crippen LogP contribution in [-0.2, 0) is 20.7 Å². The van der Waals surface area contributed by atoms with Gasteiger partial charge < -0.3 is 4.74 Å². The van der Waals surface area contributed by atoms with E-state index in [0.717, 1.165) is 4.47 Å². The van der Waals surface area contributed by atoms with Crippen LogP contribution < -0.4 is 0 Å². The molecular formula is C10H10BrNO3. The van der Waals surface area contributed by atoms with E-state index >= 15 is 0 Å². The molecule has 1 heterocycles. The highest BCUT2D eigenvalue weighted by Crippen LogP contribution is 2.08. The van der Waals surface area contributed by atoms with E-state index < -0.39 is 11.8 Å². The average molecular weight is 272 g/mol. The van der Waals surface area contributed by atoms with E-state index in [9.17, 15) is 9.59 Å². The van der Waals surface area contributed by atoms with Crippen molar-refractivity contribution in [2.24, 2.45) is 0 Å². The molecule has 0 unspecified atom stereocenters. The minimum Gasteiger partial charge on any atom is -0.460 e. The third-order valence-corrected chi connectivity index (χ3v) is 2.10. The molecule has 0 saturated heterocycles. The number of carbonyl (C=O) groups excluding carboxylic acids is 2. The standard InChI is InChI=1S/C10H10BrNO3/c1-2-15-10(14)9(13)5-8-4-3-7(11)6-12-8/h3-4,6H,2,5H2,1H3. The summed E-state index contributed by atoms with van der Waals surface area (Å²) in [6.07, 6.45) is 1.56. The molecule has 0 N–H and O–H groups in total. The Bertz CT molecular complexity index is 361. The lowest BCUT2D eigenvalue weighted by molar-refractivity contribution is -0.153. The van der Waals surface area contributed by atoms with Gasteiger partial charge in [-0.25, -0.2) is 4.79 Å². The van der Waals surface area contributed by atoms with Crippen molar-refractivity contribution < 1.29 is 14.3 Å². The molecule has 0 aliphatic heterocycles. The van der Waals surface area contributed by atoms with Gasteiger partial charge in [0.05, 0.1) is 13.0 Å². The van der Waals surface area contributed by atoms with Crippen molar-refractivity contribution in [1.82, 2.24) is 4.98 Å². The van der Waals surface area contributed by atoms with Crippen LogP contribution in [0.5, 0.6) is 0 Å². The van der Waals surface area contributed by atoms with Gasteiger partial charge in [-0.05, 0) is 35.0 Å². The molecule has 0 spiro atoms. The van der Waals surface area contributed by atoms with Crippen molar-refractivity contribution >= 4 is 27.7 Å². The molecule has 15 heavy (non-hydrogen) atoms. The van der Waals surface area contributed by atoms with Gasteiger partial charge >= 0.3 is 5.97 Å². The number of rotatable bonds is 4. The zero-order chi connectivity index (χ0) is 11.3. The number of esters is 1. The first kappa shape index (κ1) is 11.8. The number of carbonyl (C=O) groups is 2. The molecular weight excluding hydrogens is 262 g/mol. The van der Waals surface area contributed by atoms with Gasteiger partial charge in [-0.15, -0.1) is 0 Å². The van der Waals surface area contributed by atoms with Gasteiger partial charge in [-0.3, -0.25) is 9.78 Å². The maximum absolute atomic E-state index is 11.3. The summed E-state index contributed by atoms with van der Waals surface area (Å²) in [5, 5.41) is 0. The highest BCUT2D eigenvalue weighted by Gasteiger charge is 2.15. The summed E-state index contributed by atoms with van der Waals surface area (Å²) in [4.78, 5) is 26.3. The summed E-state index contributed by atoms with van der Waals surface area (Å²) in [6, 6.07) is 3.45. The Labute approximate surface area is 95.8 Å². The Morgan fingerprint density at radius 2 is 2.20 bits per heavy atom. The zero-order valence-corrected chi connectivity index (χ0v) is 9.78. The van der Waals surface area contributed by atoms with Crippen LogP contribution in [0.15, 0.2) is 22.8 Å². The third kappa shape index (κ3) is 3.79. The van der Waals surface area contributed by atoms with E-state index in [1.165, 1.54) is 0 Å². The van der Waals surface area contributed by atoms with Gasteiger partial charge in [0, 0.05) is 16.4 Å². The minimum absolute atomic E-state index is 0.0217. The first-order valence-corrected chi connectivity index (χ1v) is 5.23. The minimum atomic E-state index is -0.804. The molecule has 0 amide bonds. The Morgan fingerprint density at radius 3 is 2.73 bits per heavy atom. The number of ketones is 1. The predicted octanol–water partition coefficient (Wildman–Crippen LogP) is 1.52. The maximum atomic E-state index is 11.3. The molecule has 80 valence electrons. The maximum Gasteiger partial charge on any atom is 0.375 e. The van der Waals surface area contributed by atoms with Gasteiger partial charge in [0.1, 0.15) is 0 Å². The number of ether oxygens (including phenoxy) is 1. The SMILES string of the molecule is CCOC(=O)C(=O)Cc1ccc(Br)cn1. The Hall–Kier alpha value is -1.23. The molecule has 0 fully saturated rings. The van der Waals surface area contributed by atoms with E-state index in [0.29, 0.717) is 5.69 Å². The first-order valence-electron chi connectivity index (χ1n) is 4.44. The normalized spacial score (nSPS) is 9.73. The Kier molecular flexibility index (Phi) is 4.42. The number of hydrogen-bond acceptors (Lipinski definition) is 4. The summed E-state index contributed by atoms with van der Waals surface area (Å²) in [5.74, 6) is -1.38. The van der Waals surface area contributed by atoms with Gasteiger partial charge in [-0.2, -0.15) is 0 Å². The number of pyridine rings is 1. The molecule has 1 aromatic rings. The van der Waals surface area contributed by atoms with Crippen LogP contribution in [-0.4, -0.2) is 23.3 Å². The van der Waals surface area contributed by atoms with Crippen LogP contribution in [0, 0.1) is 0 Å². The largest absolute Gasteiger partial charge is 0.460 e. The summed E-state index contributed by atoms with van der Waals surface area (Å²) < 4.78 is 5.40. The van der Waals surface area contributed by atoms with Crippen LogP contribution in [0.3, 0.4) is 0 Å². The molecule has 0 atom stereocenters. The summed E-state index contributed by atoms with van der Waals surface area (Å²) in [5.41, 5.74) is 0.552. The molecule has 4 nitrogen and oxygen atoms in total. The highest BCUT2D eigenvalue weighted by atomic mass is 79.9. The van der Waals surface area contributed by atoms with Crippen LogP contribution in [0.4, 0.5) is 0 Å². The van der Waals surface area contributed by atoms with E-state index in [1.807, 2.05) is 0 Å². The van der Waals surface area contributed by atoms with Gasteiger partial charge in [0.15, 0.2) is 0 Å². The molecule has 0 bridgehead atoms. The Balaban J connectivity index is 2.58. The highest BCUT2D eigenvalue weighted by molar-refractivity contribution is 9.10. The zero-order valence-electron chi connectivity index (χ0n) is 8.20. The van der Waals surface area contributed by atoms with Crippen LogP contribution in [0.1, 0.15) is 12.6 Å². The second-order valence-electron chi connectivity index (χ2n) is 2.79. The van der Waals surface area contributed by atoms with Crippen molar-refractivity contribution in [2.45, 2.75) is 13.3 Å². The van der Waals surface area contributed by atoms with Crippen molar-refractivity contribution in [2.75, 3.05) is 6.61 Å². The van der Waals surface area contributed by atoms with Gasteiger partial charge in [0.25, 0.3) is 0 Å². The second kappa shape index (κ2) is 5.60. The first-order chi connectivity index (χ1) is 7.13. The fraction of sp³-hybridized carbons (Fsp3) is 0.300. The number of halogens is 1. The van der Waals surface area contributed by atoms with Gasteiger partial charge in [0.2, 0.25) is 5.78 Å². The summed E-state index contributed by atoms with van der Waals surface area (Å²) in [7, 11) is 0. The molecule has 0 aliphatic carbocycles.